The highest BCUT2D eigenvalue weighted by atomic mass is 32.1. The second-order valence-electron chi connectivity index (χ2n) is 5.42. The van der Waals surface area contributed by atoms with Crippen molar-refractivity contribution in [3.05, 3.63) is 92.2 Å². The maximum absolute atomic E-state index is 12.2. The molecule has 0 fully saturated rings. The number of hydrogen-bond acceptors (Lipinski definition) is 4. The number of nitrogens with zero attached hydrogens (tertiary/aromatic N) is 1. The highest BCUT2D eigenvalue weighted by Gasteiger charge is 2.15. The molecule has 6 heteroatoms. The fraction of sp³-hybridized carbons (Fsp3) is 0.0500. The van der Waals surface area contributed by atoms with E-state index in [0.29, 0.717) is 11.3 Å². The van der Waals surface area contributed by atoms with Crippen molar-refractivity contribution in [1.29, 1.82) is 0 Å². The van der Waals surface area contributed by atoms with E-state index in [2.05, 4.69) is 17.2 Å². The third-order valence-electron chi connectivity index (χ3n) is 3.54. The van der Waals surface area contributed by atoms with Crippen LogP contribution in [0.1, 0.15) is 16.0 Å². The topological polar surface area (TPSA) is 72.2 Å². The average molecular weight is 362 g/mol. The molecule has 1 amide bonds. The minimum absolute atomic E-state index is 0.0572. The summed E-state index contributed by atoms with van der Waals surface area (Å²) < 4.78 is 0. The summed E-state index contributed by atoms with van der Waals surface area (Å²) in [5.74, 6) is 5.80. The summed E-state index contributed by atoms with van der Waals surface area (Å²) in [5, 5.41) is 15.8. The normalized spacial score (nSPS) is 9.85. The molecule has 26 heavy (non-hydrogen) atoms. The number of para-hydroxylation sites is 1. The minimum atomic E-state index is -0.483. The fourth-order valence-corrected chi connectivity index (χ4v) is 2.95. The summed E-state index contributed by atoms with van der Waals surface area (Å²) in [6.45, 7) is 0. The first-order valence-corrected chi connectivity index (χ1v) is 8.67. The summed E-state index contributed by atoms with van der Waals surface area (Å²) in [6, 6.07) is 17.3. The number of nitro benzene ring substituents is 1. The average Bonchev–Trinajstić information content (AvgIpc) is 3.14. The highest BCUT2D eigenvalue weighted by Crippen LogP contribution is 2.19. The van der Waals surface area contributed by atoms with Crippen LogP contribution >= 0.6 is 11.3 Å². The quantitative estimate of drug-likeness (QED) is 0.429. The standard InChI is InChI=1S/C20H14N2O3S/c23-20(14-16-6-1-2-9-19(16)22(24)25)21-17-7-3-5-15(13-17)10-11-18-8-4-12-26-18/h1-9,12-13H,14H2,(H,21,23). The number of rotatable bonds is 4. The number of carbonyl (C=O) groups excluding carboxylic acids is 1. The lowest BCUT2D eigenvalue weighted by atomic mass is 10.1. The zero-order valence-electron chi connectivity index (χ0n) is 13.6. The molecule has 0 aliphatic carbocycles. The van der Waals surface area contributed by atoms with E-state index in [1.54, 1.807) is 47.7 Å². The van der Waals surface area contributed by atoms with Crippen LogP contribution in [0.5, 0.6) is 0 Å². The van der Waals surface area contributed by atoms with E-state index in [0.717, 1.165) is 10.4 Å². The van der Waals surface area contributed by atoms with Gasteiger partial charge in [-0.3, -0.25) is 14.9 Å². The maximum atomic E-state index is 12.2. The van der Waals surface area contributed by atoms with E-state index in [4.69, 9.17) is 0 Å². The molecule has 0 bridgehead atoms. The monoisotopic (exact) mass is 362 g/mol. The lowest BCUT2D eigenvalue weighted by Crippen LogP contribution is -2.15. The predicted octanol–water partition coefficient (Wildman–Crippen LogP) is 4.24. The molecule has 1 N–H and O–H groups in total. The van der Waals surface area contributed by atoms with Gasteiger partial charge in [-0.2, -0.15) is 0 Å². The number of carbonyl (C=O) groups is 1. The van der Waals surface area contributed by atoms with Crippen LogP contribution in [-0.2, 0) is 11.2 Å². The van der Waals surface area contributed by atoms with Crippen LogP contribution < -0.4 is 5.32 Å². The zero-order chi connectivity index (χ0) is 18.4. The van der Waals surface area contributed by atoms with Crippen molar-refractivity contribution in [1.82, 2.24) is 0 Å². The Bertz CT molecular complexity index is 1000. The fourth-order valence-electron chi connectivity index (χ4n) is 2.37. The molecule has 3 aromatic rings. The van der Waals surface area contributed by atoms with Crippen molar-refractivity contribution in [2.75, 3.05) is 5.32 Å². The van der Waals surface area contributed by atoms with Gasteiger partial charge in [0.2, 0.25) is 5.91 Å². The molecule has 1 heterocycles. The number of amides is 1. The molecule has 0 saturated heterocycles. The van der Waals surface area contributed by atoms with Crippen molar-refractivity contribution in [2.45, 2.75) is 6.42 Å². The third-order valence-corrected chi connectivity index (χ3v) is 4.32. The number of nitrogens with one attached hydrogen (secondary N) is 1. The van der Waals surface area contributed by atoms with Crippen molar-refractivity contribution in [2.24, 2.45) is 0 Å². The van der Waals surface area contributed by atoms with Gasteiger partial charge in [0, 0.05) is 22.9 Å². The minimum Gasteiger partial charge on any atom is -0.326 e. The number of hydrogen-bond donors (Lipinski definition) is 1. The molecule has 0 spiro atoms. The second kappa shape index (κ2) is 8.10. The Kier molecular flexibility index (Phi) is 5.42. The van der Waals surface area contributed by atoms with Gasteiger partial charge in [0.1, 0.15) is 0 Å². The molecule has 0 aliphatic rings. The Hall–Kier alpha value is -3.43. The van der Waals surface area contributed by atoms with E-state index in [9.17, 15) is 14.9 Å². The van der Waals surface area contributed by atoms with Gasteiger partial charge < -0.3 is 5.32 Å². The van der Waals surface area contributed by atoms with E-state index in [-0.39, 0.29) is 18.0 Å². The third kappa shape index (κ3) is 4.56. The smallest absolute Gasteiger partial charge is 0.273 e. The maximum Gasteiger partial charge on any atom is 0.273 e. The van der Waals surface area contributed by atoms with Gasteiger partial charge >= 0.3 is 0 Å². The molecular formula is C20H14N2O3S. The van der Waals surface area contributed by atoms with E-state index >= 15 is 0 Å². The van der Waals surface area contributed by atoms with Crippen molar-refractivity contribution in [3.63, 3.8) is 0 Å². The van der Waals surface area contributed by atoms with Crippen molar-refractivity contribution < 1.29 is 9.72 Å². The number of thiophene rings is 1. The lowest BCUT2D eigenvalue weighted by molar-refractivity contribution is -0.385. The molecule has 128 valence electrons. The second-order valence-corrected chi connectivity index (χ2v) is 6.37. The first kappa shape index (κ1) is 17.4. The molecule has 0 aliphatic heterocycles. The van der Waals surface area contributed by atoms with Crippen LogP contribution in [0.3, 0.4) is 0 Å². The molecule has 0 atom stereocenters. The molecule has 0 saturated carbocycles. The lowest BCUT2D eigenvalue weighted by Gasteiger charge is -2.06. The summed E-state index contributed by atoms with van der Waals surface area (Å²) in [4.78, 5) is 23.8. The van der Waals surface area contributed by atoms with E-state index < -0.39 is 4.92 Å². The first-order valence-electron chi connectivity index (χ1n) is 7.79. The summed E-state index contributed by atoms with van der Waals surface area (Å²) >= 11 is 1.56. The van der Waals surface area contributed by atoms with Crippen molar-refractivity contribution >= 4 is 28.6 Å². The molecular weight excluding hydrogens is 348 g/mol. The summed E-state index contributed by atoms with van der Waals surface area (Å²) in [5.41, 5.74) is 1.70. The van der Waals surface area contributed by atoms with E-state index in [1.807, 2.05) is 23.6 Å². The predicted molar refractivity (Wildman–Crippen MR) is 102 cm³/mol. The van der Waals surface area contributed by atoms with Crippen LogP contribution in [0.15, 0.2) is 66.0 Å². The van der Waals surface area contributed by atoms with Crippen LogP contribution in [-0.4, -0.2) is 10.8 Å². The zero-order valence-corrected chi connectivity index (χ0v) is 14.5. The van der Waals surface area contributed by atoms with E-state index in [1.165, 1.54) is 6.07 Å². The molecule has 0 unspecified atom stereocenters. The van der Waals surface area contributed by atoms with Crippen LogP contribution in [0.2, 0.25) is 0 Å². The Morgan fingerprint density at radius 2 is 1.92 bits per heavy atom. The van der Waals surface area contributed by atoms with Gasteiger partial charge in [-0.05, 0) is 29.6 Å². The summed E-state index contributed by atoms with van der Waals surface area (Å²) in [7, 11) is 0. The van der Waals surface area contributed by atoms with Crippen LogP contribution in [0.4, 0.5) is 11.4 Å². The Morgan fingerprint density at radius 1 is 1.08 bits per heavy atom. The molecule has 3 rings (SSSR count). The Morgan fingerprint density at radius 3 is 2.69 bits per heavy atom. The molecule has 1 aromatic heterocycles. The van der Waals surface area contributed by atoms with Gasteiger partial charge in [-0.1, -0.05) is 42.2 Å². The largest absolute Gasteiger partial charge is 0.326 e. The van der Waals surface area contributed by atoms with Gasteiger partial charge in [-0.15, -0.1) is 11.3 Å². The van der Waals surface area contributed by atoms with Gasteiger partial charge in [0.15, 0.2) is 0 Å². The van der Waals surface area contributed by atoms with Crippen LogP contribution in [0, 0.1) is 22.0 Å². The SMILES string of the molecule is O=C(Cc1ccccc1[N+](=O)[O-])Nc1cccc(C#Cc2cccs2)c1. The van der Waals surface area contributed by atoms with Gasteiger partial charge in [0.05, 0.1) is 16.2 Å². The van der Waals surface area contributed by atoms with Gasteiger partial charge in [0.25, 0.3) is 5.69 Å². The first-order chi connectivity index (χ1) is 12.6. The number of anilines is 1. The highest BCUT2D eigenvalue weighted by molar-refractivity contribution is 7.10. The summed E-state index contributed by atoms with van der Waals surface area (Å²) in [6.07, 6.45) is -0.0672. The van der Waals surface area contributed by atoms with Gasteiger partial charge in [-0.25, -0.2) is 0 Å². The number of benzene rings is 2. The van der Waals surface area contributed by atoms with Crippen molar-refractivity contribution in [3.8, 4) is 11.8 Å². The van der Waals surface area contributed by atoms with Crippen LogP contribution in [0.25, 0.3) is 0 Å². The Balaban J connectivity index is 1.70. The molecule has 2 aromatic carbocycles. The Labute approximate surface area is 154 Å². The molecule has 0 radical (unpaired) electrons. The molecule has 5 nitrogen and oxygen atoms in total. The number of nitro groups is 1.